The molecule has 24 heavy (non-hydrogen) atoms. The highest BCUT2D eigenvalue weighted by Crippen LogP contribution is 2.28. The van der Waals surface area contributed by atoms with Crippen LogP contribution in [-0.4, -0.2) is 32.9 Å². The number of carboxylic acid groups (broad SMARTS) is 1. The lowest BCUT2D eigenvalue weighted by Gasteiger charge is -2.34. The van der Waals surface area contributed by atoms with Gasteiger partial charge in [0.1, 0.15) is 11.7 Å². The molecule has 0 radical (unpaired) electrons. The van der Waals surface area contributed by atoms with Crippen molar-refractivity contribution in [2.75, 3.05) is 0 Å². The average molecular weight is 344 g/mol. The van der Waals surface area contributed by atoms with E-state index in [1.165, 1.54) is 16.2 Å². The summed E-state index contributed by atoms with van der Waals surface area (Å²) < 4.78 is 0. The minimum Gasteiger partial charge on any atom is -0.480 e. The molecule has 1 N–H and O–H groups in total. The summed E-state index contributed by atoms with van der Waals surface area (Å²) in [5.74, 6) is -1.30. The number of nitrogens with zero attached hydrogens (tertiary/aromatic N) is 2. The molecule has 1 aliphatic rings. The first-order valence-electron chi connectivity index (χ1n) is 7.84. The van der Waals surface area contributed by atoms with Crippen molar-refractivity contribution in [2.24, 2.45) is 0 Å². The average Bonchev–Trinajstić information content (AvgIpc) is 3.03. The van der Waals surface area contributed by atoms with Crippen LogP contribution in [0.1, 0.15) is 47.4 Å². The number of carboxylic acids is 1. The molecule has 3 rings (SSSR count). The normalized spacial score (nSPS) is 17.5. The molecular formula is C18H20N2O3S. The zero-order valence-electron chi connectivity index (χ0n) is 13.9. The first-order valence-corrected chi connectivity index (χ1v) is 8.72. The first kappa shape index (κ1) is 16.6. The highest BCUT2D eigenvalue weighted by Gasteiger charge is 2.36. The number of rotatable bonds is 2. The van der Waals surface area contributed by atoms with Crippen LogP contribution in [0.25, 0.3) is 0 Å². The van der Waals surface area contributed by atoms with E-state index in [0.717, 1.165) is 16.1 Å². The number of hydrogen-bond acceptors (Lipinski definition) is 4. The Hall–Kier alpha value is -2.21. The zero-order chi connectivity index (χ0) is 17.5. The van der Waals surface area contributed by atoms with Gasteiger partial charge in [0.15, 0.2) is 0 Å². The van der Waals surface area contributed by atoms with Crippen LogP contribution in [0.5, 0.6) is 0 Å². The van der Waals surface area contributed by atoms with Crippen LogP contribution in [0, 0.1) is 0 Å². The molecule has 5 nitrogen and oxygen atoms in total. The van der Waals surface area contributed by atoms with E-state index >= 15 is 0 Å². The lowest BCUT2D eigenvalue weighted by Crippen LogP contribution is -2.48. The third kappa shape index (κ3) is 3.06. The number of aromatic nitrogens is 1. The molecular weight excluding hydrogens is 324 g/mol. The number of aliphatic carboxylic acids is 1. The summed E-state index contributed by atoms with van der Waals surface area (Å²) in [6.45, 7) is 6.42. The minimum absolute atomic E-state index is 0.135. The van der Waals surface area contributed by atoms with E-state index in [-0.39, 0.29) is 11.3 Å². The molecule has 0 saturated heterocycles. The van der Waals surface area contributed by atoms with E-state index in [0.29, 0.717) is 18.7 Å². The molecule has 0 aliphatic carbocycles. The highest BCUT2D eigenvalue weighted by atomic mass is 32.1. The maximum absolute atomic E-state index is 12.9. The molecule has 0 spiro atoms. The van der Waals surface area contributed by atoms with Crippen molar-refractivity contribution in [3.05, 3.63) is 51.5 Å². The van der Waals surface area contributed by atoms with Crippen molar-refractivity contribution < 1.29 is 14.7 Å². The van der Waals surface area contributed by atoms with Crippen LogP contribution in [0.15, 0.2) is 29.6 Å². The highest BCUT2D eigenvalue weighted by molar-refractivity contribution is 7.10. The summed E-state index contributed by atoms with van der Waals surface area (Å²) in [7, 11) is 0. The summed E-state index contributed by atoms with van der Waals surface area (Å²) in [6.07, 6.45) is 0.327. The number of benzene rings is 1. The third-order valence-corrected chi connectivity index (χ3v) is 5.43. The van der Waals surface area contributed by atoms with Gasteiger partial charge in [-0.25, -0.2) is 9.78 Å². The van der Waals surface area contributed by atoms with E-state index in [9.17, 15) is 14.7 Å². The molecule has 1 amide bonds. The number of carbonyl (C=O) groups is 2. The van der Waals surface area contributed by atoms with Gasteiger partial charge in [0.2, 0.25) is 0 Å². The van der Waals surface area contributed by atoms with Gasteiger partial charge < -0.3 is 10.0 Å². The van der Waals surface area contributed by atoms with E-state index in [4.69, 9.17) is 0 Å². The standard InChI is InChI=1S/C18H20N2O3S/c1-18(2,3)17-19-13(10-24-17)15(21)20-9-12-7-5-4-6-11(12)8-14(20)16(22)23/h4-7,10,14H,8-9H2,1-3H3,(H,22,23). The molecule has 0 saturated carbocycles. The summed E-state index contributed by atoms with van der Waals surface area (Å²) >= 11 is 1.44. The Morgan fingerprint density at radius 2 is 1.92 bits per heavy atom. The Kier molecular flexibility index (Phi) is 4.17. The molecule has 6 heteroatoms. The number of hydrogen-bond donors (Lipinski definition) is 1. The van der Waals surface area contributed by atoms with Crippen LogP contribution in [0.4, 0.5) is 0 Å². The summed E-state index contributed by atoms with van der Waals surface area (Å²) in [4.78, 5) is 30.4. The molecule has 1 atom stereocenters. The monoisotopic (exact) mass is 344 g/mol. The Labute approximate surface area is 145 Å². The largest absolute Gasteiger partial charge is 0.480 e. The molecule has 1 unspecified atom stereocenters. The number of carbonyl (C=O) groups excluding carboxylic acids is 1. The predicted molar refractivity (Wildman–Crippen MR) is 92.3 cm³/mol. The maximum atomic E-state index is 12.9. The molecule has 126 valence electrons. The van der Waals surface area contributed by atoms with Gasteiger partial charge in [0.25, 0.3) is 5.91 Å². The summed E-state index contributed by atoms with van der Waals surface area (Å²) in [6, 6.07) is 6.81. The lowest BCUT2D eigenvalue weighted by atomic mass is 9.93. The zero-order valence-corrected chi connectivity index (χ0v) is 14.8. The second-order valence-corrected chi connectivity index (χ2v) is 7.91. The van der Waals surface area contributed by atoms with Crippen molar-refractivity contribution in [3.8, 4) is 0 Å². The molecule has 0 fully saturated rings. The van der Waals surface area contributed by atoms with Gasteiger partial charge in [-0.15, -0.1) is 11.3 Å². The molecule has 0 bridgehead atoms. The minimum atomic E-state index is -0.982. The fourth-order valence-corrected chi connectivity index (χ4v) is 3.70. The lowest BCUT2D eigenvalue weighted by molar-refractivity contribution is -0.142. The van der Waals surface area contributed by atoms with Gasteiger partial charge in [-0.2, -0.15) is 0 Å². The molecule has 1 aromatic heterocycles. The summed E-state index contributed by atoms with van der Waals surface area (Å²) in [5, 5.41) is 12.1. The van der Waals surface area contributed by atoms with E-state index in [1.807, 2.05) is 45.0 Å². The van der Waals surface area contributed by atoms with Gasteiger partial charge in [0.05, 0.1) is 5.01 Å². The predicted octanol–water partition coefficient (Wildman–Crippen LogP) is 3.09. The van der Waals surface area contributed by atoms with Crippen molar-refractivity contribution in [1.29, 1.82) is 0 Å². The van der Waals surface area contributed by atoms with Crippen LogP contribution >= 0.6 is 11.3 Å². The van der Waals surface area contributed by atoms with Gasteiger partial charge >= 0.3 is 5.97 Å². The second-order valence-electron chi connectivity index (χ2n) is 7.05. The van der Waals surface area contributed by atoms with Gasteiger partial charge in [-0.3, -0.25) is 4.79 Å². The molecule has 2 aromatic rings. The van der Waals surface area contributed by atoms with Crippen molar-refractivity contribution in [2.45, 2.75) is 45.2 Å². The fraction of sp³-hybridized carbons (Fsp3) is 0.389. The van der Waals surface area contributed by atoms with Crippen LogP contribution < -0.4 is 0 Å². The Balaban J connectivity index is 1.93. The van der Waals surface area contributed by atoms with Crippen LogP contribution in [0.3, 0.4) is 0 Å². The second kappa shape index (κ2) is 6.02. The SMILES string of the molecule is CC(C)(C)c1nc(C(=O)N2Cc3ccccc3CC2C(=O)O)cs1. The van der Waals surface area contributed by atoms with E-state index in [2.05, 4.69) is 4.98 Å². The first-order chi connectivity index (χ1) is 11.3. The van der Waals surface area contributed by atoms with E-state index < -0.39 is 12.0 Å². The van der Waals surface area contributed by atoms with Gasteiger partial charge in [-0.1, -0.05) is 45.0 Å². The van der Waals surface area contributed by atoms with Gasteiger partial charge in [-0.05, 0) is 11.1 Å². The smallest absolute Gasteiger partial charge is 0.326 e. The molecule has 2 heterocycles. The number of thiazole rings is 1. The maximum Gasteiger partial charge on any atom is 0.326 e. The topological polar surface area (TPSA) is 70.5 Å². The van der Waals surface area contributed by atoms with Crippen molar-refractivity contribution >= 4 is 23.2 Å². The summed E-state index contributed by atoms with van der Waals surface area (Å²) in [5.41, 5.74) is 2.18. The Morgan fingerprint density at radius 3 is 2.50 bits per heavy atom. The Bertz CT molecular complexity index is 792. The molecule has 1 aromatic carbocycles. The Morgan fingerprint density at radius 1 is 1.25 bits per heavy atom. The fourth-order valence-electron chi connectivity index (χ4n) is 2.82. The van der Waals surface area contributed by atoms with Crippen LogP contribution in [-0.2, 0) is 23.2 Å². The molecule has 1 aliphatic heterocycles. The van der Waals surface area contributed by atoms with Crippen molar-refractivity contribution in [1.82, 2.24) is 9.88 Å². The quantitative estimate of drug-likeness (QED) is 0.909. The van der Waals surface area contributed by atoms with E-state index in [1.54, 1.807) is 5.38 Å². The number of fused-ring (bicyclic) bond motifs is 1. The number of amides is 1. The third-order valence-electron chi connectivity index (χ3n) is 4.16. The van der Waals surface area contributed by atoms with Crippen molar-refractivity contribution in [3.63, 3.8) is 0 Å². The van der Waals surface area contributed by atoms with Crippen LogP contribution in [0.2, 0.25) is 0 Å². The van der Waals surface area contributed by atoms with Gasteiger partial charge in [0, 0.05) is 23.8 Å².